The summed E-state index contributed by atoms with van der Waals surface area (Å²) < 4.78 is 1.19. The highest BCUT2D eigenvalue weighted by Gasteiger charge is 2.13. The molecule has 4 heteroatoms. The predicted octanol–water partition coefficient (Wildman–Crippen LogP) is 8.18. The Balaban J connectivity index is 0. The van der Waals surface area contributed by atoms with Crippen LogP contribution in [0.15, 0.2) is 0 Å². The zero-order chi connectivity index (χ0) is 22.3. The van der Waals surface area contributed by atoms with E-state index in [-0.39, 0.29) is 5.48 Å². The van der Waals surface area contributed by atoms with Crippen LogP contribution in [-0.2, 0) is 4.79 Å². The Hall–Kier alpha value is -0.610. The summed E-state index contributed by atoms with van der Waals surface area (Å²) in [5.41, 5.74) is 0. The quantitative estimate of drug-likeness (QED) is 0.121. The van der Waals surface area contributed by atoms with Gasteiger partial charge in [-0.25, -0.2) is 0 Å². The summed E-state index contributed by atoms with van der Waals surface area (Å²) in [5, 5.41) is 8.63. The normalized spacial score (nSPS) is 11.5. The maximum Gasteiger partial charge on any atom is 0.303 e. The number of carboxylic acids is 1. The van der Waals surface area contributed by atoms with Crippen LogP contribution in [-0.4, -0.2) is 48.2 Å². The van der Waals surface area contributed by atoms with E-state index >= 15 is 0 Å². The SMILES string of the molecule is CCCCCCCCCCCCCC[N+](C)(C)CCCCCCCCCCC(=O)O.[OH-]. The summed E-state index contributed by atoms with van der Waals surface area (Å²) in [5.74, 6) is -0.653. The van der Waals surface area contributed by atoms with Crippen molar-refractivity contribution < 1.29 is 19.9 Å². The monoisotopic (exact) mass is 443 g/mol. The van der Waals surface area contributed by atoms with Gasteiger partial charge in [0.25, 0.3) is 0 Å². The Morgan fingerprint density at radius 1 is 0.548 bits per heavy atom. The third-order valence-electron chi connectivity index (χ3n) is 6.52. The van der Waals surface area contributed by atoms with E-state index in [4.69, 9.17) is 5.11 Å². The summed E-state index contributed by atoms with van der Waals surface area (Å²) in [6.07, 6.45) is 27.3. The molecule has 0 aromatic heterocycles. The van der Waals surface area contributed by atoms with Crippen LogP contribution in [0.5, 0.6) is 0 Å². The lowest BCUT2D eigenvalue weighted by Crippen LogP contribution is -2.41. The van der Waals surface area contributed by atoms with Gasteiger partial charge in [-0.05, 0) is 32.1 Å². The number of carboxylic acid groups (broad SMARTS) is 1. The molecule has 0 aliphatic rings. The Kier molecular flexibility index (Phi) is 25.3. The van der Waals surface area contributed by atoms with Gasteiger partial charge in [-0.2, -0.15) is 0 Å². The van der Waals surface area contributed by atoms with E-state index in [0.29, 0.717) is 6.42 Å². The lowest BCUT2D eigenvalue weighted by atomic mass is 10.0. The molecule has 0 heterocycles. The van der Waals surface area contributed by atoms with E-state index in [1.54, 1.807) is 0 Å². The fraction of sp³-hybridized carbons (Fsp3) is 0.963. The molecule has 0 unspecified atom stereocenters. The van der Waals surface area contributed by atoms with Gasteiger partial charge in [-0.3, -0.25) is 4.79 Å². The molecule has 0 aromatic rings. The van der Waals surface area contributed by atoms with Crippen LogP contribution < -0.4 is 0 Å². The van der Waals surface area contributed by atoms with Crippen molar-refractivity contribution in [2.24, 2.45) is 0 Å². The first kappa shape index (κ1) is 32.6. The van der Waals surface area contributed by atoms with Crippen molar-refractivity contribution >= 4 is 5.97 Å². The maximum absolute atomic E-state index is 10.5. The average Bonchev–Trinajstić information content (AvgIpc) is 2.70. The Bertz CT molecular complexity index is 371. The van der Waals surface area contributed by atoms with Gasteiger partial charge >= 0.3 is 5.97 Å². The minimum absolute atomic E-state index is 0. The molecular formula is C27H57NO3. The molecule has 0 aromatic carbocycles. The highest BCUT2D eigenvalue weighted by atomic mass is 16.4. The van der Waals surface area contributed by atoms with Crippen LogP contribution in [0.3, 0.4) is 0 Å². The fourth-order valence-corrected chi connectivity index (χ4v) is 4.37. The van der Waals surface area contributed by atoms with Gasteiger partial charge in [0.2, 0.25) is 0 Å². The van der Waals surface area contributed by atoms with Crippen LogP contribution in [0.25, 0.3) is 0 Å². The fourth-order valence-electron chi connectivity index (χ4n) is 4.37. The van der Waals surface area contributed by atoms with E-state index in [2.05, 4.69) is 21.0 Å². The second kappa shape index (κ2) is 24.0. The standard InChI is InChI=1S/C27H55NO2.H2O/c1-4-5-6-7-8-9-10-11-13-16-19-22-25-28(2,3)26-23-20-17-14-12-15-18-21-24-27(29)30;/h4-26H2,1-3H3;1H2. The maximum atomic E-state index is 10.5. The zero-order valence-corrected chi connectivity index (χ0v) is 21.5. The third-order valence-corrected chi connectivity index (χ3v) is 6.52. The molecular weight excluding hydrogens is 386 g/mol. The summed E-state index contributed by atoms with van der Waals surface area (Å²) in [6.45, 7) is 4.94. The van der Waals surface area contributed by atoms with Crippen LogP contribution in [0.1, 0.15) is 142 Å². The van der Waals surface area contributed by atoms with Gasteiger partial charge in [0.1, 0.15) is 0 Å². The number of hydrogen-bond acceptors (Lipinski definition) is 2. The minimum atomic E-state index is -0.653. The molecule has 0 saturated heterocycles. The lowest BCUT2D eigenvalue weighted by molar-refractivity contribution is -0.890. The highest BCUT2D eigenvalue weighted by molar-refractivity contribution is 5.66. The van der Waals surface area contributed by atoms with Gasteiger partial charge in [0, 0.05) is 6.42 Å². The van der Waals surface area contributed by atoms with Crippen LogP contribution in [0.4, 0.5) is 0 Å². The predicted molar refractivity (Wildman–Crippen MR) is 134 cm³/mol. The number of unbranched alkanes of at least 4 members (excludes halogenated alkanes) is 18. The average molecular weight is 444 g/mol. The first-order valence-corrected chi connectivity index (χ1v) is 13.5. The molecule has 0 aliphatic heterocycles. The first-order valence-electron chi connectivity index (χ1n) is 13.5. The molecule has 0 spiro atoms. The summed E-state index contributed by atoms with van der Waals surface area (Å²) in [6, 6.07) is 0. The van der Waals surface area contributed by atoms with Crippen molar-refractivity contribution in [3.8, 4) is 0 Å². The van der Waals surface area contributed by atoms with E-state index in [9.17, 15) is 4.79 Å². The van der Waals surface area contributed by atoms with Gasteiger partial charge < -0.3 is 15.1 Å². The molecule has 0 bridgehead atoms. The molecule has 0 saturated carbocycles. The van der Waals surface area contributed by atoms with Crippen LogP contribution in [0.2, 0.25) is 0 Å². The van der Waals surface area contributed by atoms with Gasteiger partial charge in [-0.1, -0.05) is 103 Å². The van der Waals surface area contributed by atoms with Crippen LogP contribution >= 0.6 is 0 Å². The minimum Gasteiger partial charge on any atom is -0.870 e. The Labute approximate surface area is 195 Å². The van der Waals surface area contributed by atoms with E-state index in [1.807, 2.05) is 0 Å². The number of rotatable bonds is 24. The molecule has 0 radical (unpaired) electrons. The molecule has 4 nitrogen and oxygen atoms in total. The smallest absolute Gasteiger partial charge is 0.303 e. The van der Waals surface area contributed by atoms with Crippen molar-refractivity contribution in [1.29, 1.82) is 0 Å². The molecule has 0 atom stereocenters. The van der Waals surface area contributed by atoms with E-state index < -0.39 is 5.97 Å². The van der Waals surface area contributed by atoms with Crippen molar-refractivity contribution in [3.63, 3.8) is 0 Å². The zero-order valence-electron chi connectivity index (χ0n) is 21.5. The largest absolute Gasteiger partial charge is 0.870 e. The van der Waals surface area contributed by atoms with Crippen molar-refractivity contribution in [2.45, 2.75) is 142 Å². The van der Waals surface area contributed by atoms with Crippen molar-refractivity contribution in [2.75, 3.05) is 27.2 Å². The van der Waals surface area contributed by atoms with Gasteiger partial charge in [0.05, 0.1) is 27.2 Å². The molecule has 31 heavy (non-hydrogen) atoms. The van der Waals surface area contributed by atoms with Crippen molar-refractivity contribution in [1.82, 2.24) is 0 Å². The van der Waals surface area contributed by atoms with Crippen molar-refractivity contribution in [3.05, 3.63) is 0 Å². The molecule has 2 N–H and O–H groups in total. The van der Waals surface area contributed by atoms with Gasteiger partial charge in [-0.15, -0.1) is 0 Å². The second-order valence-electron chi connectivity index (χ2n) is 10.2. The summed E-state index contributed by atoms with van der Waals surface area (Å²) >= 11 is 0. The van der Waals surface area contributed by atoms with Crippen LogP contribution in [0, 0.1) is 0 Å². The lowest BCUT2D eigenvalue weighted by Gasteiger charge is -2.30. The Morgan fingerprint density at radius 2 is 0.839 bits per heavy atom. The number of hydrogen-bond donors (Lipinski definition) is 1. The summed E-state index contributed by atoms with van der Waals surface area (Å²) in [4.78, 5) is 10.5. The number of nitrogens with zero attached hydrogens (tertiary/aromatic N) is 1. The molecule has 0 fully saturated rings. The van der Waals surface area contributed by atoms with E-state index in [1.165, 1.54) is 133 Å². The van der Waals surface area contributed by atoms with Gasteiger partial charge in [0.15, 0.2) is 0 Å². The van der Waals surface area contributed by atoms with E-state index in [0.717, 1.165) is 12.8 Å². The summed E-state index contributed by atoms with van der Waals surface area (Å²) in [7, 11) is 4.81. The first-order chi connectivity index (χ1) is 14.5. The topological polar surface area (TPSA) is 67.3 Å². The molecule has 188 valence electrons. The Morgan fingerprint density at radius 3 is 1.16 bits per heavy atom. The number of quaternary nitrogens is 1. The molecule has 0 amide bonds. The number of aliphatic carboxylic acids is 1. The number of carbonyl (C=O) groups is 1. The second-order valence-corrected chi connectivity index (χ2v) is 10.2. The third kappa shape index (κ3) is 27.4. The molecule has 0 aliphatic carbocycles. The highest BCUT2D eigenvalue weighted by Crippen LogP contribution is 2.14. The molecule has 0 rings (SSSR count).